The molecule has 3 aromatic rings. The van der Waals surface area contributed by atoms with Gasteiger partial charge in [-0.2, -0.15) is 0 Å². The first-order chi connectivity index (χ1) is 24.3. The van der Waals surface area contributed by atoms with Crippen molar-refractivity contribution in [3.05, 3.63) is 101 Å². The lowest BCUT2D eigenvalue weighted by molar-refractivity contribution is -0.141. The second kappa shape index (κ2) is 14.9. The highest BCUT2D eigenvalue weighted by Crippen LogP contribution is 2.52. The van der Waals surface area contributed by atoms with Gasteiger partial charge in [0, 0.05) is 13.0 Å². The molecule has 3 aliphatic rings. The van der Waals surface area contributed by atoms with E-state index in [9.17, 15) is 28.9 Å². The van der Waals surface area contributed by atoms with E-state index < -0.39 is 56.8 Å². The zero-order valence-electron chi connectivity index (χ0n) is 29.3. The number of rotatable bonds is 12. The molecule has 4 atom stereocenters. The highest BCUT2D eigenvalue weighted by molar-refractivity contribution is 6.99. The second-order valence-electron chi connectivity index (χ2n) is 14.9. The maximum atomic E-state index is 14.5. The van der Waals surface area contributed by atoms with Crippen LogP contribution in [-0.2, 0) is 23.5 Å². The van der Waals surface area contributed by atoms with Crippen LogP contribution in [0.3, 0.4) is 0 Å². The zero-order valence-corrected chi connectivity index (χ0v) is 30.3. The first-order valence-electron chi connectivity index (χ1n) is 17.7. The number of imide groups is 1. The fourth-order valence-electron chi connectivity index (χ4n) is 8.45. The van der Waals surface area contributed by atoms with Crippen LogP contribution in [0.5, 0.6) is 5.75 Å². The number of phenolic OH excluding ortho intramolecular Hbond substituents is 1. The summed E-state index contributed by atoms with van der Waals surface area (Å²) in [5.41, 5.74) is 1.67. The Morgan fingerprint density at radius 1 is 0.961 bits per heavy atom. The molecule has 0 unspecified atom stereocenters. The number of unbranched alkanes of at least 4 members (excludes halogenated alkanes) is 2. The lowest BCUT2D eigenvalue weighted by atomic mass is 9.55. The number of benzene rings is 3. The van der Waals surface area contributed by atoms with Crippen molar-refractivity contribution in [3.63, 3.8) is 0 Å². The minimum Gasteiger partial charge on any atom is -0.505 e. The number of carbonyl (C=O) groups is 3. The molecule has 2 heterocycles. The molecule has 2 saturated heterocycles. The molecule has 0 bridgehead atoms. The van der Waals surface area contributed by atoms with Gasteiger partial charge in [-0.3, -0.25) is 19.3 Å². The van der Waals surface area contributed by atoms with Crippen LogP contribution in [0.25, 0.3) is 0 Å². The molecule has 12 heteroatoms. The zero-order chi connectivity index (χ0) is 36.5. The van der Waals surface area contributed by atoms with Crippen molar-refractivity contribution >= 4 is 43.6 Å². The molecule has 51 heavy (non-hydrogen) atoms. The van der Waals surface area contributed by atoms with Crippen LogP contribution in [0, 0.1) is 23.6 Å². The third-order valence-electron chi connectivity index (χ3n) is 10.8. The minimum atomic E-state index is -3.03. The SMILES string of the molecule is CC(C)(C)[Si](OCC1=C2B(O)O[C@H](c3ccc(O)c(F)c3)C[C@H]2[C@H]2C(=O)N(CCCCCC(=O)O)C(=O)[C@H]2C1)(c1ccccc1)c1ccccc1. The van der Waals surface area contributed by atoms with E-state index in [0.29, 0.717) is 30.3 Å². The topological polar surface area (TPSA) is 134 Å². The lowest BCUT2D eigenvalue weighted by Crippen LogP contribution is -2.66. The summed E-state index contributed by atoms with van der Waals surface area (Å²) in [4.78, 5) is 40.4. The number of carboxylic acid groups (broad SMARTS) is 1. The van der Waals surface area contributed by atoms with E-state index in [0.717, 1.165) is 15.9 Å². The fourth-order valence-corrected chi connectivity index (χ4v) is 13.0. The molecular weight excluding hydrogens is 668 g/mol. The highest BCUT2D eigenvalue weighted by Gasteiger charge is 2.58. The molecule has 6 rings (SSSR count). The Morgan fingerprint density at radius 3 is 2.20 bits per heavy atom. The van der Waals surface area contributed by atoms with Crippen molar-refractivity contribution < 1.29 is 43.1 Å². The van der Waals surface area contributed by atoms with Crippen LogP contribution in [0.2, 0.25) is 5.04 Å². The van der Waals surface area contributed by atoms with Gasteiger partial charge >= 0.3 is 13.1 Å². The van der Waals surface area contributed by atoms with Gasteiger partial charge in [-0.25, -0.2) is 4.39 Å². The average molecular weight is 714 g/mol. The molecule has 268 valence electrons. The van der Waals surface area contributed by atoms with Gasteiger partial charge in [-0.05, 0) is 75.8 Å². The third kappa shape index (κ3) is 7.07. The van der Waals surface area contributed by atoms with E-state index in [-0.39, 0.29) is 49.3 Å². The first-order valence-corrected chi connectivity index (χ1v) is 19.6. The second-order valence-corrected chi connectivity index (χ2v) is 19.2. The molecule has 2 amide bonds. The summed E-state index contributed by atoms with van der Waals surface area (Å²) < 4.78 is 27.9. The summed E-state index contributed by atoms with van der Waals surface area (Å²) in [5, 5.41) is 32.4. The van der Waals surface area contributed by atoms with E-state index in [1.54, 1.807) is 0 Å². The maximum absolute atomic E-state index is 14.5. The number of amides is 2. The van der Waals surface area contributed by atoms with E-state index in [1.165, 1.54) is 23.1 Å². The molecule has 9 nitrogen and oxygen atoms in total. The van der Waals surface area contributed by atoms with Gasteiger partial charge in [0.15, 0.2) is 11.6 Å². The molecule has 3 N–H and O–H groups in total. The number of aliphatic carboxylic acids is 1. The summed E-state index contributed by atoms with van der Waals surface area (Å²) >= 11 is 0. The van der Waals surface area contributed by atoms with E-state index in [4.69, 9.17) is 14.2 Å². The predicted octanol–water partition coefficient (Wildman–Crippen LogP) is 5.15. The summed E-state index contributed by atoms with van der Waals surface area (Å²) in [6, 6.07) is 24.3. The van der Waals surface area contributed by atoms with Crippen LogP contribution in [-0.4, -0.2) is 66.5 Å². The summed E-state index contributed by atoms with van der Waals surface area (Å²) in [6.07, 6.45) is 1.15. The number of hydrogen-bond acceptors (Lipinski definition) is 7. The van der Waals surface area contributed by atoms with Crippen molar-refractivity contribution in [2.75, 3.05) is 13.2 Å². The number of nitrogens with zero attached hydrogens (tertiary/aromatic N) is 1. The van der Waals surface area contributed by atoms with Gasteiger partial charge in [-0.15, -0.1) is 0 Å². The van der Waals surface area contributed by atoms with E-state index >= 15 is 0 Å². The van der Waals surface area contributed by atoms with Crippen molar-refractivity contribution in [2.45, 2.75) is 70.4 Å². The number of aromatic hydroxyl groups is 1. The number of halogens is 1. The van der Waals surface area contributed by atoms with Crippen molar-refractivity contribution in [2.24, 2.45) is 17.8 Å². The van der Waals surface area contributed by atoms with Crippen molar-refractivity contribution in [1.82, 2.24) is 4.90 Å². The largest absolute Gasteiger partial charge is 0.505 e. The van der Waals surface area contributed by atoms with Gasteiger partial charge in [0.25, 0.3) is 8.32 Å². The molecule has 0 aromatic heterocycles. The molecule has 0 radical (unpaired) electrons. The van der Waals surface area contributed by atoms with Gasteiger partial charge < -0.3 is 24.3 Å². The minimum absolute atomic E-state index is 0.0221. The Balaban J connectivity index is 1.38. The summed E-state index contributed by atoms with van der Waals surface area (Å²) in [5.74, 6) is -4.82. The van der Waals surface area contributed by atoms with Crippen molar-refractivity contribution in [3.8, 4) is 5.75 Å². The van der Waals surface area contributed by atoms with Crippen LogP contribution in [0.4, 0.5) is 4.39 Å². The Labute approximate surface area is 299 Å². The predicted molar refractivity (Wildman–Crippen MR) is 193 cm³/mol. The van der Waals surface area contributed by atoms with Crippen LogP contribution in [0.15, 0.2) is 89.9 Å². The van der Waals surface area contributed by atoms with Crippen LogP contribution in [0.1, 0.15) is 71.0 Å². The van der Waals surface area contributed by atoms with E-state index in [1.807, 2.05) is 36.4 Å². The standard InChI is InChI=1S/C39H45BFNO8Si/c1-39(2,3)51(27-13-7-4-8-14-27,28-15-9-5-10-16-28)49-24-26-21-30-35(38(47)42(37(30)46)20-12-6-11-17-34(44)45)29-23-33(50-40(48)36(26)29)25-18-19-32(43)31(41)22-25/h4-5,7-10,13-16,18-19,22,29-30,33,35,43,48H,6,11-12,17,20-21,23-24H2,1-3H3,(H,44,45)/t29-,30-,33-,35+/m0/s1. The Morgan fingerprint density at radius 2 is 1.61 bits per heavy atom. The monoisotopic (exact) mass is 713 g/mol. The number of carbonyl (C=O) groups excluding carboxylic acids is 2. The molecule has 2 fully saturated rings. The Bertz CT molecular complexity index is 1760. The lowest BCUT2D eigenvalue weighted by Gasteiger charge is -2.45. The molecule has 2 aliphatic heterocycles. The normalized spacial score (nSPS) is 22.3. The molecular formula is C39H45BFNO8Si. The molecule has 1 aliphatic carbocycles. The molecule has 3 aromatic carbocycles. The van der Waals surface area contributed by atoms with Crippen LogP contribution >= 0.6 is 0 Å². The fraction of sp³-hybridized carbons (Fsp3) is 0.410. The third-order valence-corrected chi connectivity index (χ3v) is 15.8. The van der Waals surface area contributed by atoms with Gasteiger partial charge in [0.1, 0.15) is 0 Å². The number of carboxylic acids is 1. The highest BCUT2D eigenvalue weighted by atomic mass is 28.4. The van der Waals surface area contributed by atoms with Crippen molar-refractivity contribution in [1.29, 1.82) is 0 Å². The summed E-state index contributed by atoms with van der Waals surface area (Å²) in [7, 11) is -4.46. The van der Waals surface area contributed by atoms with Gasteiger partial charge in [-0.1, -0.05) is 93.9 Å². The number of allylic oxidation sites excluding steroid dienone is 1. The van der Waals surface area contributed by atoms with Gasteiger partial charge in [0.2, 0.25) is 11.8 Å². The smallest absolute Gasteiger partial charge is 0.487 e. The number of fused-ring (bicyclic) bond motifs is 3. The number of likely N-dealkylation sites (tertiary alicyclic amines) is 1. The Hall–Kier alpha value is -4.10. The summed E-state index contributed by atoms with van der Waals surface area (Å²) in [6.45, 7) is 6.81. The number of phenols is 1. The quantitative estimate of drug-likeness (QED) is 0.133. The average Bonchev–Trinajstić information content (AvgIpc) is 3.34. The van der Waals surface area contributed by atoms with E-state index in [2.05, 4.69) is 45.0 Å². The molecule has 0 spiro atoms. The van der Waals surface area contributed by atoms with Gasteiger partial charge in [0.05, 0.1) is 24.5 Å². The number of hydrogen-bond donors (Lipinski definition) is 3. The maximum Gasteiger partial charge on any atom is 0.487 e. The molecule has 0 saturated carbocycles. The van der Waals surface area contributed by atoms with Crippen LogP contribution < -0.4 is 10.4 Å². The first kappa shape index (κ1) is 36.7. The Kier molecular flexibility index (Phi) is 10.7.